The van der Waals surface area contributed by atoms with Crippen LogP contribution in [0.4, 0.5) is 0 Å². The fraction of sp³-hybridized carbons (Fsp3) is 0.474. The van der Waals surface area contributed by atoms with Crippen molar-refractivity contribution in [3.8, 4) is 5.75 Å². The summed E-state index contributed by atoms with van der Waals surface area (Å²) in [6.45, 7) is 3.72. The molecule has 2 aromatic rings. The molecule has 0 saturated carbocycles. The zero-order valence-electron chi connectivity index (χ0n) is 14.9. The van der Waals surface area contributed by atoms with Crippen LogP contribution in [0.25, 0.3) is 10.9 Å². The van der Waals surface area contributed by atoms with Crippen LogP contribution < -0.4 is 4.74 Å². The third-order valence-corrected chi connectivity index (χ3v) is 6.14. The minimum absolute atomic E-state index is 0.0651. The lowest BCUT2D eigenvalue weighted by Crippen LogP contribution is -2.48. The molecule has 3 saturated heterocycles. The lowest BCUT2D eigenvalue weighted by atomic mass is 10.1. The second-order valence-electron chi connectivity index (χ2n) is 7.24. The summed E-state index contributed by atoms with van der Waals surface area (Å²) in [5.74, 6) is 0.780. The molecule has 4 heterocycles. The molecule has 1 N–H and O–H groups in total. The van der Waals surface area contributed by atoms with Crippen molar-refractivity contribution in [2.45, 2.75) is 31.5 Å². The Morgan fingerprint density at radius 1 is 1.38 bits per heavy atom. The van der Waals surface area contributed by atoms with E-state index in [2.05, 4.69) is 4.98 Å². The molecular weight excluding hydrogens is 334 g/mol. The first-order valence-electron chi connectivity index (χ1n) is 8.97. The lowest BCUT2D eigenvalue weighted by Gasteiger charge is -2.31. The third-order valence-electron chi connectivity index (χ3n) is 6.14. The molecule has 7 heteroatoms. The Hall–Kier alpha value is -2.54. The van der Waals surface area contributed by atoms with Crippen LogP contribution in [0, 0.1) is 6.92 Å². The van der Waals surface area contributed by atoms with Crippen molar-refractivity contribution in [3.05, 3.63) is 29.5 Å². The molecule has 2 atom stereocenters. The molecule has 0 aliphatic carbocycles. The Balaban J connectivity index is 1.52. The summed E-state index contributed by atoms with van der Waals surface area (Å²) in [7, 11) is 1.63. The van der Waals surface area contributed by atoms with Gasteiger partial charge in [0, 0.05) is 30.4 Å². The first-order valence-corrected chi connectivity index (χ1v) is 8.97. The molecule has 1 spiro atoms. The van der Waals surface area contributed by atoms with Gasteiger partial charge in [-0.05, 0) is 30.7 Å². The van der Waals surface area contributed by atoms with Gasteiger partial charge in [0.1, 0.15) is 11.4 Å². The number of nitrogens with zero attached hydrogens (tertiary/aromatic N) is 2. The van der Waals surface area contributed by atoms with Crippen molar-refractivity contribution in [1.82, 2.24) is 14.8 Å². The topological polar surface area (TPSA) is 74.9 Å². The Kier molecular flexibility index (Phi) is 3.16. The molecule has 3 fully saturated rings. The van der Waals surface area contributed by atoms with Gasteiger partial charge in [0.25, 0.3) is 5.91 Å². The largest absolute Gasteiger partial charge is 0.497 e. The monoisotopic (exact) mass is 355 g/mol. The van der Waals surface area contributed by atoms with E-state index < -0.39 is 5.72 Å². The summed E-state index contributed by atoms with van der Waals surface area (Å²) in [6, 6.07) is 5.52. The maximum absolute atomic E-state index is 13.3. The second kappa shape index (κ2) is 5.23. The molecule has 3 aliphatic heterocycles. The van der Waals surface area contributed by atoms with Gasteiger partial charge in [0.05, 0.1) is 26.2 Å². The number of ether oxygens (including phenoxy) is 2. The van der Waals surface area contributed by atoms with E-state index in [4.69, 9.17) is 9.47 Å². The van der Waals surface area contributed by atoms with Crippen LogP contribution in [0.2, 0.25) is 0 Å². The molecule has 0 bridgehead atoms. The van der Waals surface area contributed by atoms with Gasteiger partial charge < -0.3 is 24.3 Å². The second-order valence-corrected chi connectivity index (χ2v) is 7.24. The summed E-state index contributed by atoms with van der Waals surface area (Å²) in [5.41, 5.74) is 1.78. The maximum Gasteiger partial charge on any atom is 0.271 e. The summed E-state index contributed by atoms with van der Waals surface area (Å²) in [6.07, 6.45) is 1.03. The molecule has 7 nitrogen and oxygen atoms in total. The van der Waals surface area contributed by atoms with Crippen LogP contribution in [-0.2, 0) is 9.53 Å². The maximum atomic E-state index is 13.3. The van der Waals surface area contributed by atoms with Crippen molar-refractivity contribution >= 4 is 22.7 Å². The van der Waals surface area contributed by atoms with Gasteiger partial charge in [-0.15, -0.1) is 0 Å². The van der Waals surface area contributed by atoms with Crippen LogP contribution in [0.15, 0.2) is 18.2 Å². The first kappa shape index (κ1) is 15.7. The van der Waals surface area contributed by atoms with Gasteiger partial charge in [-0.25, -0.2) is 0 Å². The zero-order valence-corrected chi connectivity index (χ0v) is 14.9. The number of aromatic nitrogens is 1. The van der Waals surface area contributed by atoms with E-state index in [1.54, 1.807) is 7.11 Å². The van der Waals surface area contributed by atoms with Gasteiger partial charge in [-0.1, -0.05) is 0 Å². The number of carbonyl (C=O) groups is 2. The van der Waals surface area contributed by atoms with Crippen molar-refractivity contribution in [2.24, 2.45) is 0 Å². The van der Waals surface area contributed by atoms with E-state index in [-0.39, 0.29) is 17.9 Å². The highest BCUT2D eigenvalue weighted by Gasteiger charge is 2.63. The van der Waals surface area contributed by atoms with Crippen LogP contribution >= 0.6 is 0 Å². The molecule has 0 unspecified atom stereocenters. The standard InChI is InChI=1S/C19H21N3O4/c1-11-13-9-12(25-2)3-4-14(13)20-17(11)18(24)21-6-5-19-15(21)10-16(23)22(19)7-8-26-19/h3-4,9,15,20H,5-8,10H2,1-2H3/t15-,19+/m1/s1. The average Bonchev–Trinajstić information content (AvgIpc) is 3.36. The Bertz CT molecular complexity index is 936. The van der Waals surface area contributed by atoms with Crippen LogP contribution in [0.5, 0.6) is 5.75 Å². The number of nitrogens with one attached hydrogen (secondary N) is 1. The number of hydrogen-bond acceptors (Lipinski definition) is 4. The number of aromatic amines is 1. The van der Waals surface area contributed by atoms with Gasteiger partial charge in [0.15, 0.2) is 5.72 Å². The number of benzene rings is 1. The smallest absolute Gasteiger partial charge is 0.271 e. The van der Waals surface area contributed by atoms with Gasteiger partial charge in [-0.2, -0.15) is 0 Å². The summed E-state index contributed by atoms with van der Waals surface area (Å²) >= 11 is 0. The van der Waals surface area contributed by atoms with Crippen LogP contribution in [-0.4, -0.2) is 65.2 Å². The number of carbonyl (C=O) groups excluding carboxylic acids is 2. The molecule has 1 aromatic carbocycles. The highest BCUT2D eigenvalue weighted by molar-refractivity contribution is 6.02. The van der Waals surface area contributed by atoms with Crippen LogP contribution in [0.3, 0.4) is 0 Å². The minimum Gasteiger partial charge on any atom is -0.497 e. The van der Waals surface area contributed by atoms with Gasteiger partial charge in [-0.3, -0.25) is 9.59 Å². The number of methoxy groups -OCH3 is 1. The number of rotatable bonds is 2. The molecule has 26 heavy (non-hydrogen) atoms. The highest BCUT2D eigenvalue weighted by atomic mass is 16.5. The number of likely N-dealkylation sites (tertiary alicyclic amines) is 1. The molecule has 1 aromatic heterocycles. The number of hydrogen-bond donors (Lipinski definition) is 1. The predicted octanol–water partition coefficient (Wildman–Crippen LogP) is 1.66. The Morgan fingerprint density at radius 2 is 2.23 bits per heavy atom. The summed E-state index contributed by atoms with van der Waals surface area (Å²) in [5, 5.41) is 0.975. The number of aryl methyl sites for hydroxylation is 1. The van der Waals surface area contributed by atoms with E-state index in [9.17, 15) is 9.59 Å². The molecule has 2 amide bonds. The molecule has 136 valence electrons. The average molecular weight is 355 g/mol. The molecule has 3 aliphatic rings. The van der Waals surface area contributed by atoms with Crippen molar-refractivity contribution < 1.29 is 19.1 Å². The predicted molar refractivity (Wildman–Crippen MR) is 94.0 cm³/mol. The summed E-state index contributed by atoms with van der Waals surface area (Å²) < 4.78 is 11.3. The molecular formula is C19H21N3O4. The van der Waals surface area contributed by atoms with E-state index in [1.165, 1.54) is 0 Å². The lowest BCUT2D eigenvalue weighted by molar-refractivity contribution is -0.136. The van der Waals surface area contributed by atoms with E-state index in [0.717, 1.165) is 22.2 Å². The molecule has 5 rings (SSSR count). The first-order chi connectivity index (χ1) is 12.5. The normalized spacial score (nSPS) is 27.3. The SMILES string of the molecule is COc1ccc2[nH]c(C(=O)N3CC[C@@]45OCCN4C(=O)C[C@@H]35)c(C)c2c1. The third kappa shape index (κ3) is 1.86. The zero-order chi connectivity index (χ0) is 18.1. The van der Waals surface area contributed by atoms with Crippen molar-refractivity contribution in [1.29, 1.82) is 0 Å². The Morgan fingerprint density at radius 3 is 3.04 bits per heavy atom. The van der Waals surface area contributed by atoms with Crippen molar-refractivity contribution in [3.63, 3.8) is 0 Å². The quantitative estimate of drug-likeness (QED) is 0.889. The van der Waals surface area contributed by atoms with Crippen LogP contribution in [0.1, 0.15) is 28.9 Å². The van der Waals surface area contributed by atoms with E-state index in [1.807, 2.05) is 34.9 Å². The number of fused-ring (bicyclic) bond motifs is 1. The fourth-order valence-electron chi connectivity index (χ4n) is 4.82. The van der Waals surface area contributed by atoms with E-state index >= 15 is 0 Å². The van der Waals surface area contributed by atoms with E-state index in [0.29, 0.717) is 38.2 Å². The highest BCUT2D eigenvalue weighted by Crippen LogP contribution is 2.46. The fourth-order valence-corrected chi connectivity index (χ4v) is 4.82. The van der Waals surface area contributed by atoms with Gasteiger partial charge in [0.2, 0.25) is 5.91 Å². The van der Waals surface area contributed by atoms with Crippen molar-refractivity contribution in [2.75, 3.05) is 26.8 Å². The minimum atomic E-state index is -0.601. The Labute approximate surface area is 150 Å². The summed E-state index contributed by atoms with van der Waals surface area (Å²) in [4.78, 5) is 32.5. The van der Waals surface area contributed by atoms with Gasteiger partial charge >= 0.3 is 0 Å². The number of H-pyrrole nitrogens is 1. The molecule has 0 radical (unpaired) electrons. The number of amides is 2.